The number of aromatic nitrogens is 1. The number of para-hydroxylation sites is 1. The molecule has 8 heteroatoms. The number of carbonyl (C=O) groups is 2. The number of ether oxygens (including phenoxy) is 1. The second-order valence-electron chi connectivity index (χ2n) is 5.69. The number of carboxylic acids is 1. The number of carboxylic acid groups (broad SMARTS) is 1. The lowest BCUT2D eigenvalue weighted by molar-refractivity contribution is 0.0690. The van der Waals surface area contributed by atoms with Crippen LogP contribution in [-0.4, -0.2) is 22.0 Å². The lowest BCUT2D eigenvalue weighted by atomic mass is 10.1. The zero-order valence-corrected chi connectivity index (χ0v) is 15.1. The van der Waals surface area contributed by atoms with Gasteiger partial charge in [0.05, 0.1) is 22.5 Å². The SMILES string of the molecule is O=C(O)c1ccc(NC(=O)c2cc(CF)ccc2Oc2ccccc2Cl)cn1. The summed E-state index contributed by atoms with van der Waals surface area (Å²) >= 11 is 6.09. The van der Waals surface area contributed by atoms with Crippen molar-refractivity contribution in [1.82, 2.24) is 4.98 Å². The average molecular weight is 401 g/mol. The fraction of sp³-hybridized carbons (Fsp3) is 0.0500. The van der Waals surface area contributed by atoms with E-state index in [1.165, 1.54) is 36.5 Å². The van der Waals surface area contributed by atoms with Gasteiger partial charge in [0.15, 0.2) is 0 Å². The normalized spacial score (nSPS) is 10.4. The Hall–Kier alpha value is -3.45. The van der Waals surface area contributed by atoms with E-state index < -0.39 is 18.6 Å². The van der Waals surface area contributed by atoms with E-state index >= 15 is 0 Å². The molecule has 3 rings (SSSR count). The lowest BCUT2D eigenvalue weighted by Gasteiger charge is -2.13. The summed E-state index contributed by atoms with van der Waals surface area (Å²) in [6, 6.07) is 13.8. The number of nitrogens with zero attached hydrogens (tertiary/aromatic N) is 1. The highest BCUT2D eigenvalue weighted by molar-refractivity contribution is 6.32. The molecule has 1 heterocycles. The molecule has 0 radical (unpaired) electrons. The van der Waals surface area contributed by atoms with E-state index in [0.717, 1.165) is 0 Å². The van der Waals surface area contributed by atoms with Gasteiger partial charge < -0.3 is 15.2 Å². The third-order valence-corrected chi connectivity index (χ3v) is 4.05. The van der Waals surface area contributed by atoms with Crippen molar-refractivity contribution in [2.75, 3.05) is 5.32 Å². The quantitative estimate of drug-likeness (QED) is 0.611. The molecule has 0 saturated carbocycles. The maximum Gasteiger partial charge on any atom is 0.354 e. The molecule has 2 aromatic carbocycles. The summed E-state index contributed by atoms with van der Waals surface area (Å²) < 4.78 is 18.8. The lowest BCUT2D eigenvalue weighted by Crippen LogP contribution is -2.14. The van der Waals surface area contributed by atoms with Gasteiger partial charge >= 0.3 is 5.97 Å². The number of nitrogens with one attached hydrogen (secondary N) is 1. The Morgan fingerprint density at radius 1 is 1.11 bits per heavy atom. The molecule has 0 saturated heterocycles. The summed E-state index contributed by atoms with van der Waals surface area (Å²) in [5.74, 6) is -1.21. The number of hydrogen-bond acceptors (Lipinski definition) is 4. The number of hydrogen-bond donors (Lipinski definition) is 2. The van der Waals surface area contributed by atoms with Gasteiger partial charge in [-0.25, -0.2) is 14.2 Å². The number of alkyl halides is 1. The number of halogens is 2. The van der Waals surface area contributed by atoms with E-state index in [4.69, 9.17) is 21.4 Å². The molecule has 0 aliphatic heterocycles. The molecule has 0 atom stereocenters. The molecule has 28 heavy (non-hydrogen) atoms. The Morgan fingerprint density at radius 3 is 2.54 bits per heavy atom. The molecule has 0 spiro atoms. The molecule has 6 nitrogen and oxygen atoms in total. The third-order valence-electron chi connectivity index (χ3n) is 3.74. The Labute approximate surface area is 164 Å². The van der Waals surface area contributed by atoms with Crippen LogP contribution in [0.4, 0.5) is 10.1 Å². The van der Waals surface area contributed by atoms with Crippen molar-refractivity contribution in [1.29, 1.82) is 0 Å². The minimum absolute atomic E-state index is 0.0948. The van der Waals surface area contributed by atoms with Crippen LogP contribution < -0.4 is 10.1 Å². The van der Waals surface area contributed by atoms with E-state index in [-0.39, 0.29) is 22.7 Å². The van der Waals surface area contributed by atoms with Crippen molar-refractivity contribution in [2.24, 2.45) is 0 Å². The number of anilines is 1. The van der Waals surface area contributed by atoms with Crippen molar-refractivity contribution in [3.8, 4) is 11.5 Å². The Kier molecular flexibility index (Phi) is 5.86. The van der Waals surface area contributed by atoms with Gasteiger partial charge in [-0.2, -0.15) is 0 Å². The summed E-state index contributed by atoms with van der Waals surface area (Å²) in [5.41, 5.74) is 0.526. The number of aromatic carboxylic acids is 1. The van der Waals surface area contributed by atoms with Crippen molar-refractivity contribution in [3.63, 3.8) is 0 Å². The molecular formula is C20H14ClFN2O4. The second-order valence-corrected chi connectivity index (χ2v) is 6.10. The van der Waals surface area contributed by atoms with Gasteiger partial charge in [-0.3, -0.25) is 4.79 Å². The summed E-state index contributed by atoms with van der Waals surface area (Å²) in [6.07, 6.45) is 1.22. The highest BCUT2D eigenvalue weighted by Gasteiger charge is 2.16. The Bertz CT molecular complexity index is 1020. The Balaban J connectivity index is 1.89. The molecule has 2 N–H and O–H groups in total. The van der Waals surface area contributed by atoms with Crippen LogP contribution in [0.5, 0.6) is 11.5 Å². The van der Waals surface area contributed by atoms with Crippen LogP contribution in [0.25, 0.3) is 0 Å². The fourth-order valence-corrected chi connectivity index (χ4v) is 2.54. The summed E-state index contributed by atoms with van der Waals surface area (Å²) in [7, 11) is 0. The number of pyridine rings is 1. The van der Waals surface area contributed by atoms with E-state index in [9.17, 15) is 14.0 Å². The monoisotopic (exact) mass is 400 g/mol. The van der Waals surface area contributed by atoms with E-state index in [1.54, 1.807) is 24.3 Å². The predicted octanol–water partition coefficient (Wildman–Crippen LogP) is 4.95. The maximum atomic E-state index is 13.1. The van der Waals surface area contributed by atoms with Crippen molar-refractivity contribution < 1.29 is 23.8 Å². The number of rotatable bonds is 6. The van der Waals surface area contributed by atoms with Gasteiger partial charge in [-0.15, -0.1) is 0 Å². The highest BCUT2D eigenvalue weighted by atomic mass is 35.5. The molecule has 0 bridgehead atoms. The van der Waals surface area contributed by atoms with Crippen molar-refractivity contribution >= 4 is 29.2 Å². The largest absolute Gasteiger partial charge is 0.477 e. The van der Waals surface area contributed by atoms with Gasteiger partial charge in [0.25, 0.3) is 5.91 Å². The molecule has 3 aromatic rings. The van der Waals surface area contributed by atoms with Gasteiger partial charge in [0, 0.05) is 0 Å². The molecule has 0 aliphatic rings. The van der Waals surface area contributed by atoms with Gasteiger partial charge in [-0.1, -0.05) is 29.8 Å². The van der Waals surface area contributed by atoms with Crippen LogP contribution in [0.1, 0.15) is 26.4 Å². The molecule has 0 unspecified atom stereocenters. The van der Waals surface area contributed by atoms with Crippen LogP contribution >= 0.6 is 11.6 Å². The first-order chi connectivity index (χ1) is 13.5. The highest BCUT2D eigenvalue weighted by Crippen LogP contribution is 2.32. The van der Waals surface area contributed by atoms with Crippen molar-refractivity contribution in [3.05, 3.63) is 82.6 Å². The van der Waals surface area contributed by atoms with Crippen LogP contribution in [0.2, 0.25) is 5.02 Å². The first kappa shape index (κ1) is 19.3. The number of amides is 1. The minimum atomic E-state index is -1.18. The zero-order chi connectivity index (χ0) is 20.1. The van der Waals surface area contributed by atoms with Gasteiger partial charge in [0.2, 0.25) is 0 Å². The molecule has 142 valence electrons. The van der Waals surface area contributed by atoms with E-state index in [2.05, 4.69) is 10.3 Å². The van der Waals surface area contributed by atoms with Crippen LogP contribution in [0.15, 0.2) is 60.8 Å². The summed E-state index contributed by atoms with van der Waals surface area (Å²) in [6.45, 7) is -0.748. The number of carbonyl (C=O) groups excluding carboxylic acids is 1. The first-order valence-electron chi connectivity index (χ1n) is 8.10. The third kappa shape index (κ3) is 4.44. The van der Waals surface area contributed by atoms with E-state index in [0.29, 0.717) is 16.3 Å². The minimum Gasteiger partial charge on any atom is -0.477 e. The first-order valence-corrected chi connectivity index (χ1v) is 8.47. The van der Waals surface area contributed by atoms with E-state index in [1.807, 2.05) is 0 Å². The molecule has 0 aliphatic carbocycles. The number of benzene rings is 2. The second kappa shape index (κ2) is 8.49. The predicted molar refractivity (Wildman–Crippen MR) is 102 cm³/mol. The van der Waals surface area contributed by atoms with Crippen LogP contribution in [-0.2, 0) is 6.67 Å². The van der Waals surface area contributed by atoms with Crippen LogP contribution in [0, 0.1) is 0 Å². The zero-order valence-electron chi connectivity index (χ0n) is 14.4. The van der Waals surface area contributed by atoms with Gasteiger partial charge in [-0.05, 0) is 42.0 Å². The molecule has 0 fully saturated rings. The van der Waals surface area contributed by atoms with Crippen molar-refractivity contribution in [2.45, 2.75) is 6.67 Å². The molecule has 1 aromatic heterocycles. The van der Waals surface area contributed by atoms with Crippen LogP contribution in [0.3, 0.4) is 0 Å². The fourth-order valence-electron chi connectivity index (χ4n) is 2.37. The average Bonchev–Trinajstić information content (AvgIpc) is 2.70. The Morgan fingerprint density at radius 2 is 1.89 bits per heavy atom. The van der Waals surface area contributed by atoms with Gasteiger partial charge in [0.1, 0.15) is 23.9 Å². The summed E-state index contributed by atoms with van der Waals surface area (Å²) in [4.78, 5) is 27.3. The summed E-state index contributed by atoms with van der Waals surface area (Å²) in [5, 5.41) is 11.8. The topological polar surface area (TPSA) is 88.5 Å². The molecular weight excluding hydrogens is 387 g/mol. The maximum absolute atomic E-state index is 13.1. The standard InChI is InChI=1S/C20H14ClFN2O4/c21-15-3-1-2-4-18(15)28-17-8-5-12(10-22)9-14(17)19(25)24-13-6-7-16(20(26)27)23-11-13/h1-9,11H,10H2,(H,24,25)(H,26,27). The molecule has 1 amide bonds. The smallest absolute Gasteiger partial charge is 0.354 e.